The van der Waals surface area contributed by atoms with Crippen LogP contribution in [0.2, 0.25) is 0 Å². The van der Waals surface area contributed by atoms with Gasteiger partial charge in [-0.05, 0) is 53.5 Å². The molecule has 1 rings (SSSR count). The van der Waals surface area contributed by atoms with Gasteiger partial charge in [0.1, 0.15) is 5.84 Å². The van der Waals surface area contributed by atoms with Crippen molar-refractivity contribution in [3.05, 3.63) is 35.8 Å². The number of nitrogens with one attached hydrogen (secondary N) is 1. The summed E-state index contributed by atoms with van der Waals surface area (Å²) in [6, 6.07) is 0.153. The number of amidine groups is 1. The Kier molecular flexibility index (Phi) is 10.2. The molecule has 0 aliphatic heterocycles. The number of nitrogens with two attached hydrogens (primary N) is 2. The van der Waals surface area contributed by atoms with Crippen molar-refractivity contribution >= 4 is 11.5 Å². The maximum atomic E-state index is 6.01. The molecule has 0 saturated carbocycles. The average molecular weight is 418 g/mol. The highest BCUT2D eigenvalue weighted by Crippen LogP contribution is 2.16. The minimum Gasteiger partial charge on any atom is -0.386 e. The van der Waals surface area contributed by atoms with Crippen molar-refractivity contribution in [2.24, 2.45) is 27.7 Å². The van der Waals surface area contributed by atoms with Crippen LogP contribution in [0.4, 0.5) is 0 Å². The van der Waals surface area contributed by atoms with E-state index in [-0.39, 0.29) is 18.0 Å². The third kappa shape index (κ3) is 7.98. The van der Waals surface area contributed by atoms with E-state index in [0.717, 1.165) is 42.1 Å². The number of nitrogens with zero attached hydrogens (tertiary/aromatic N) is 6. The third-order valence-corrected chi connectivity index (χ3v) is 4.89. The Hall–Kier alpha value is -2.68. The van der Waals surface area contributed by atoms with E-state index >= 15 is 0 Å². The van der Waals surface area contributed by atoms with Crippen LogP contribution >= 0.6 is 0 Å². The van der Waals surface area contributed by atoms with Gasteiger partial charge in [-0.3, -0.25) is 5.43 Å². The molecule has 1 aromatic heterocycles. The summed E-state index contributed by atoms with van der Waals surface area (Å²) in [6.07, 6.45) is 6.00. The normalized spacial score (nSPS) is 15.3. The lowest BCUT2D eigenvalue weighted by molar-refractivity contribution is 0.214. The minimum atomic E-state index is 0.0741. The van der Waals surface area contributed by atoms with Gasteiger partial charge < -0.3 is 5.73 Å². The second kappa shape index (κ2) is 12.1. The molecule has 0 radical (unpaired) electrons. The van der Waals surface area contributed by atoms with Gasteiger partial charge in [-0.25, -0.2) is 11.0 Å². The van der Waals surface area contributed by atoms with Gasteiger partial charge in [0.15, 0.2) is 0 Å². The first-order chi connectivity index (χ1) is 14.1. The van der Waals surface area contributed by atoms with Crippen molar-refractivity contribution in [2.45, 2.75) is 79.8 Å². The van der Waals surface area contributed by atoms with E-state index in [0.29, 0.717) is 5.84 Å². The highest BCUT2D eigenvalue weighted by atomic mass is 15.6. The number of aromatic nitrogens is 3. The van der Waals surface area contributed by atoms with Crippen molar-refractivity contribution in [1.29, 1.82) is 0 Å². The van der Waals surface area contributed by atoms with E-state index in [9.17, 15) is 0 Å². The summed E-state index contributed by atoms with van der Waals surface area (Å²) >= 11 is 0. The molecule has 0 aliphatic rings. The van der Waals surface area contributed by atoms with E-state index in [2.05, 4.69) is 34.2 Å². The first kappa shape index (κ1) is 25.4. The topological polar surface area (TPSA) is 123 Å². The molecule has 0 aliphatic carbocycles. The summed E-state index contributed by atoms with van der Waals surface area (Å²) < 4.78 is 0. The minimum absolute atomic E-state index is 0.0741. The zero-order valence-corrected chi connectivity index (χ0v) is 19.6. The van der Waals surface area contributed by atoms with Gasteiger partial charge >= 0.3 is 0 Å². The lowest BCUT2D eigenvalue weighted by Gasteiger charge is -2.21. The summed E-state index contributed by atoms with van der Waals surface area (Å²) in [5.74, 6) is 6.79. The molecule has 0 saturated heterocycles. The molecule has 30 heavy (non-hydrogen) atoms. The molecule has 0 amide bonds. The summed E-state index contributed by atoms with van der Waals surface area (Å²) in [7, 11) is 0. The quantitative estimate of drug-likeness (QED) is 0.208. The molecule has 168 valence electrons. The molecule has 2 atom stereocenters. The number of hydrogen-bond acceptors (Lipinski definition) is 7. The fourth-order valence-corrected chi connectivity index (χ4v) is 2.55. The molecule has 9 heteroatoms. The zero-order valence-electron chi connectivity index (χ0n) is 19.6. The molecule has 2 unspecified atom stereocenters. The Morgan fingerprint density at radius 3 is 2.53 bits per heavy atom. The number of hydrazine groups is 1. The van der Waals surface area contributed by atoms with Gasteiger partial charge in [0.25, 0.3) is 0 Å². The molecule has 0 aromatic carbocycles. The maximum absolute atomic E-state index is 6.01. The third-order valence-electron chi connectivity index (χ3n) is 4.89. The smallest absolute Gasteiger partial charge is 0.122 e. The van der Waals surface area contributed by atoms with Gasteiger partial charge in [0.2, 0.25) is 0 Å². The number of hydrazone groups is 2. The van der Waals surface area contributed by atoms with Crippen LogP contribution in [0.5, 0.6) is 0 Å². The summed E-state index contributed by atoms with van der Waals surface area (Å²) in [5, 5.41) is 19.3. The van der Waals surface area contributed by atoms with E-state index in [1.54, 1.807) is 10.9 Å². The summed E-state index contributed by atoms with van der Waals surface area (Å²) in [5.41, 5.74) is 12.6. The van der Waals surface area contributed by atoms with E-state index < -0.39 is 0 Å². The molecular weight excluding hydrogens is 378 g/mol. The predicted octanol–water partition coefficient (Wildman–Crippen LogP) is 3.02. The molecule has 1 aromatic rings. The van der Waals surface area contributed by atoms with Crippen LogP contribution in [0.1, 0.15) is 71.8 Å². The van der Waals surface area contributed by atoms with Gasteiger partial charge in [-0.15, -0.1) is 0 Å². The van der Waals surface area contributed by atoms with Crippen molar-refractivity contribution in [2.75, 3.05) is 0 Å². The Labute approximate surface area is 180 Å². The number of aryl methyl sites for hydroxylation is 2. The fraction of sp³-hybridized carbons (Fsp3) is 0.619. The van der Waals surface area contributed by atoms with Gasteiger partial charge in [-0.1, -0.05) is 26.5 Å². The number of rotatable bonds is 12. The van der Waals surface area contributed by atoms with Crippen LogP contribution in [0, 0.1) is 12.8 Å². The standard InChI is InChI=1S/C21H39N9/c1-9-15(5)26-29(23)16(6)11-12-20-18(8)27-30(28-20)17(7)13-19(10-2)24-25-21(22)14(3)4/h9-10,14,16-17,24H,1,11-13,23H2,2-8H3,(H2,22,25)/b19-10-,26-15-. The SMILES string of the molecule is C=C/C(C)=N\N(N)C(C)CCc1nn(C(C)C/C(=C/C)N/N=C(\N)C(C)C)nc1C. The van der Waals surface area contributed by atoms with Crippen LogP contribution in [-0.2, 0) is 6.42 Å². The molecule has 0 bridgehead atoms. The number of allylic oxidation sites excluding steroid dienone is 3. The Balaban J connectivity index is 2.72. The van der Waals surface area contributed by atoms with E-state index in [4.69, 9.17) is 16.7 Å². The first-order valence-corrected chi connectivity index (χ1v) is 10.5. The zero-order chi connectivity index (χ0) is 22.8. The molecule has 0 spiro atoms. The lowest BCUT2D eigenvalue weighted by Crippen LogP contribution is -2.35. The van der Waals surface area contributed by atoms with Crippen LogP contribution in [0.15, 0.2) is 34.6 Å². The van der Waals surface area contributed by atoms with Gasteiger partial charge in [0, 0.05) is 18.0 Å². The monoisotopic (exact) mass is 417 g/mol. The first-order valence-electron chi connectivity index (χ1n) is 10.5. The maximum Gasteiger partial charge on any atom is 0.122 e. The fourth-order valence-electron chi connectivity index (χ4n) is 2.55. The van der Waals surface area contributed by atoms with Crippen LogP contribution < -0.4 is 17.0 Å². The molecule has 1 heterocycles. The molecule has 0 fully saturated rings. The highest BCUT2D eigenvalue weighted by Gasteiger charge is 2.16. The van der Waals surface area contributed by atoms with Gasteiger partial charge in [-0.2, -0.15) is 25.2 Å². The summed E-state index contributed by atoms with van der Waals surface area (Å²) in [6.45, 7) is 17.7. The lowest BCUT2D eigenvalue weighted by atomic mass is 10.1. The summed E-state index contributed by atoms with van der Waals surface area (Å²) in [4.78, 5) is 1.77. The largest absolute Gasteiger partial charge is 0.386 e. The Morgan fingerprint density at radius 1 is 1.30 bits per heavy atom. The average Bonchev–Trinajstić information content (AvgIpc) is 3.09. The molecule has 9 nitrogen and oxygen atoms in total. The predicted molar refractivity (Wildman–Crippen MR) is 125 cm³/mol. The van der Waals surface area contributed by atoms with Crippen molar-refractivity contribution in [3.8, 4) is 0 Å². The van der Waals surface area contributed by atoms with Gasteiger partial charge in [0.05, 0.1) is 29.2 Å². The number of hydrogen-bond donors (Lipinski definition) is 3. The van der Waals surface area contributed by atoms with E-state index in [1.807, 2.05) is 47.6 Å². The second-order valence-electron chi connectivity index (χ2n) is 7.94. The van der Waals surface area contributed by atoms with Crippen molar-refractivity contribution < 1.29 is 0 Å². The Bertz CT molecular complexity index is 773. The highest BCUT2D eigenvalue weighted by molar-refractivity contribution is 5.91. The van der Waals surface area contributed by atoms with E-state index in [1.165, 1.54) is 5.12 Å². The van der Waals surface area contributed by atoms with Crippen LogP contribution in [0.3, 0.4) is 0 Å². The molecule has 5 N–H and O–H groups in total. The van der Waals surface area contributed by atoms with Crippen LogP contribution in [-0.4, -0.2) is 37.7 Å². The Morgan fingerprint density at radius 2 is 1.97 bits per heavy atom. The van der Waals surface area contributed by atoms with Crippen molar-refractivity contribution in [1.82, 2.24) is 25.5 Å². The molecular formula is C21H39N9. The van der Waals surface area contributed by atoms with Crippen molar-refractivity contribution in [3.63, 3.8) is 0 Å². The van der Waals surface area contributed by atoms with Crippen LogP contribution in [0.25, 0.3) is 0 Å². The second-order valence-corrected chi connectivity index (χ2v) is 7.94.